The van der Waals surface area contributed by atoms with Gasteiger partial charge < -0.3 is 14.7 Å². The fourth-order valence-corrected chi connectivity index (χ4v) is 4.33. The molecule has 1 saturated heterocycles. The maximum atomic E-state index is 12.6. The van der Waals surface area contributed by atoms with Gasteiger partial charge in [0.1, 0.15) is 5.60 Å². The summed E-state index contributed by atoms with van der Waals surface area (Å²) in [6.45, 7) is 6.85. The van der Waals surface area contributed by atoms with Crippen molar-refractivity contribution in [3.05, 3.63) is 39.9 Å². The number of ether oxygens (including phenoxy) is 1. The Morgan fingerprint density at radius 2 is 2.00 bits per heavy atom. The third-order valence-electron chi connectivity index (χ3n) is 5.36. The van der Waals surface area contributed by atoms with Crippen LogP contribution < -0.4 is 0 Å². The van der Waals surface area contributed by atoms with Crippen LogP contribution >= 0.6 is 23.2 Å². The van der Waals surface area contributed by atoms with Crippen molar-refractivity contribution in [3.8, 4) is 0 Å². The molecule has 3 rings (SSSR count). The molecule has 1 unspecified atom stereocenters. The molecule has 1 spiro atoms. The van der Waals surface area contributed by atoms with Gasteiger partial charge in [0.25, 0.3) is 0 Å². The molecule has 1 amide bonds. The number of halogens is 2. The number of rotatable bonds is 1. The first kappa shape index (κ1) is 20.5. The van der Waals surface area contributed by atoms with Gasteiger partial charge in [0.05, 0.1) is 16.1 Å². The zero-order valence-corrected chi connectivity index (χ0v) is 17.6. The lowest BCUT2D eigenvalue weighted by molar-refractivity contribution is 0.0279. The Bertz CT molecular complexity index is 756. The molecule has 0 aromatic heterocycles. The summed E-state index contributed by atoms with van der Waals surface area (Å²) in [6, 6.07) is 5.65. The van der Waals surface area contributed by atoms with E-state index in [0.717, 1.165) is 24.0 Å². The van der Waals surface area contributed by atoms with Crippen molar-refractivity contribution in [2.24, 2.45) is 5.41 Å². The van der Waals surface area contributed by atoms with Gasteiger partial charge in [-0.1, -0.05) is 35.3 Å². The summed E-state index contributed by atoms with van der Waals surface area (Å²) in [5, 5.41) is 11.3. The lowest BCUT2D eigenvalue weighted by Crippen LogP contribution is -2.37. The monoisotopic (exact) mass is 411 g/mol. The molecule has 0 radical (unpaired) electrons. The Labute approximate surface area is 171 Å². The first-order valence-electron chi connectivity index (χ1n) is 9.42. The number of hydrogen-bond acceptors (Lipinski definition) is 3. The van der Waals surface area contributed by atoms with Gasteiger partial charge in [-0.2, -0.15) is 0 Å². The highest BCUT2D eigenvalue weighted by Gasteiger charge is 2.45. The standard InChI is InChI=1S/C21H27Cl2NO3/c1-20(2,3)27-19(26)24-11-10-21(13-24)9-8-15(25)5-6-16(21)14-4-7-17(22)18(23)12-14/h4,6-7,12,15,25H,5,8-11,13H2,1-3H3/t15?,21-/m1/s1. The van der Waals surface area contributed by atoms with E-state index in [-0.39, 0.29) is 17.6 Å². The number of carbonyl (C=O) groups excluding carboxylic acids is 1. The summed E-state index contributed by atoms with van der Waals surface area (Å²) in [6.07, 6.45) is 4.43. The largest absolute Gasteiger partial charge is 0.444 e. The molecule has 2 atom stereocenters. The number of likely N-dealkylation sites (tertiary alicyclic amines) is 1. The smallest absolute Gasteiger partial charge is 0.410 e. The van der Waals surface area contributed by atoms with E-state index in [1.165, 1.54) is 0 Å². The molecule has 4 nitrogen and oxygen atoms in total. The van der Waals surface area contributed by atoms with Gasteiger partial charge in [0.2, 0.25) is 0 Å². The van der Waals surface area contributed by atoms with E-state index in [0.29, 0.717) is 36.0 Å². The van der Waals surface area contributed by atoms with Crippen molar-refractivity contribution in [2.75, 3.05) is 13.1 Å². The maximum absolute atomic E-state index is 12.6. The summed E-state index contributed by atoms with van der Waals surface area (Å²) in [4.78, 5) is 14.4. The second kappa shape index (κ2) is 7.65. The summed E-state index contributed by atoms with van der Waals surface area (Å²) in [5.74, 6) is 0. The quantitative estimate of drug-likeness (QED) is 0.658. The Kier molecular flexibility index (Phi) is 5.81. The van der Waals surface area contributed by atoms with Crippen molar-refractivity contribution in [1.29, 1.82) is 0 Å². The fraction of sp³-hybridized carbons (Fsp3) is 0.571. The number of aliphatic hydroxyl groups is 1. The van der Waals surface area contributed by atoms with Gasteiger partial charge in [-0.25, -0.2) is 4.79 Å². The molecule has 1 N–H and O–H groups in total. The van der Waals surface area contributed by atoms with Crippen molar-refractivity contribution >= 4 is 34.9 Å². The number of benzene rings is 1. The molecule has 1 aliphatic heterocycles. The second-order valence-corrected chi connectivity index (χ2v) is 9.42. The van der Waals surface area contributed by atoms with Gasteiger partial charge in [-0.3, -0.25) is 0 Å². The first-order chi connectivity index (χ1) is 12.6. The molecule has 2 aliphatic rings. The Balaban J connectivity index is 1.91. The lowest BCUT2D eigenvalue weighted by Gasteiger charge is -2.32. The Hall–Kier alpha value is -1.23. The molecule has 1 fully saturated rings. The molecule has 1 aromatic rings. The molecule has 1 aliphatic carbocycles. The Morgan fingerprint density at radius 1 is 1.26 bits per heavy atom. The van der Waals surface area contributed by atoms with Crippen LogP contribution in [-0.4, -0.2) is 40.9 Å². The van der Waals surface area contributed by atoms with Gasteiger partial charge in [0.15, 0.2) is 0 Å². The highest BCUT2D eigenvalue weighted by molar-refractivity contribution is 6.42. The highest BCUT2D eigenvalue weighted by Crippen LogP contribution is 2.49. The van der Waals surface area contributed by atoms with Crippen LogP contribution in [0, 0.1) is 5.41 Å². The summed E-state index contributed by atoms with van der Waals surface area (Å²) in [7, 11) is 0. The van der Waals surface area contributed by atoms with Crippen LogP contribution in [0.2, 0.25) is 10.0 Å². The van der Waals surface area contributed by atoms with Crippen LogP contribution in [0.1, 0.15) is 52.0 Å². The van der Waals surface area contributed by atoms with E-state index in [1.54, 1.807) is 11.0 Å². The predicted octanol–water partition coefficient (Wildman–Crippen LogP) is 5.55. The van der Waals surface area contributed by atoms with E-state index in [2.05, 4.69) is 6.08 Å². The molecular weight excluding hydrogens is 385 g/mol. The topological polar surface area (TPSA) is 49.8 Å². The minimum Gasteiger partial charge on any atom is -0.444 e. The molecule has 27 heavy (non-hydrogen) atoms. The van der Waals surface area contributed by atoms with Crippen LogP contribution in [0.4, 0.5) is 4.79 Å². The molecule has 1 aromatic carbocycles. The number of amides is 1. The molecular formula is C21H27Cl2NO3. The van der Waals surface area contributed by atoms with Gasteiger partial charge in [-0.15, -0.1) is 0 Å². The normalized spacial score (nSPS) is 26.1. The molecule has 1 heterocycles. The lowest BCUT2D eigenvalue weighted by atomic mass is 9.73. The fourth-order valence-electron chi connectivity index (χ4n) is 4.03. The van der Waals surface area contributed by atoms with Gasteiger partial charge >= 0.3 is 6.09 Å². The maximum Gasteiger partial charge on any atom is 0.410 e. The van der Waals surface area contributed by atoms with Crippen LogP contribution in [0.5, 0.6) is 0 Å². The third kappa shape index (κ3) is 4.61. The minimum absolute atomic E-state index is 0.203. The van der Waals surface area contributed by atoms with E-state index >= 15 is 0 Å². The average Bonchev–Trinajstić information content (AvgIpc) is 2.93. The van der Waals surface area contributed by atoms with Crippen molar-refractivity contribution in [1.82, 2.24) is 4.90 Å². The third-order valence-corrected chi connectivity index (χ3v) is 6.10. The van der Waals surface area contributed by atoms with Gasteiger partial charge in [0, 0.05) is 18.5 Å². The molecule has 0 bridgehead atoms. The summed E-state index contributed by atoms with van der Waals surface area (Å²) in [5.41, 5.74) is 1.42. The van der Waals surface area contributed by atoms with Crippen LogP contribution in [-0.2, 0) is 4.74 Å². The van der Waals surface area contributed by atoms with Crippen LogP contribution in [0.3, 0.4) is 0 Å². The minimum atomic E-state index is -0.519. The SMILES string of the molecule is CC(C)(C)OC(=O)N1CC[C@]2(CCC(O)CC=C2c2ccc(Cl)c(Cl)c2)C1. The Morgan fingerprint density at radius 3 is 2.67 bits per heavy atom. The van der Waals surface area contributed by atoms with E-state index < -0.39 is 5.60 Å². The van der Waals surface area contributed by atoms with E-state index in [9.17, 15) is 9.90 Å². The highest BCUT2D eigenvalue weighted by atomic mass is 35.5. The summed E-state index contributed by atoms with van der Waals surface area (Å²) >= 11 is 12.3. The van der Waals surface area contributed by atoms with Crippen LogP contribution in [0.25, 0.3) is 5.57 Å². The van der Waals surface area contributed by atoms with Crippen molar-refractivity contribution < 1.29 is 14.6 Å². The average molecular weight is 412 g/mol. The summed E-state index contributed by atoms with van der Waals surface area (Å²) < 4.78 is 5.56. The van der Waals surface area contributed by atoms with Gasteiger partial charge in [-0.05, 0) is 69.7 Å². The second-order valence-electron chi connectivity index (χ2n) is 8.61. The van der Waals surface area contributed by atoms with Crippen LogP contribution in [0.15, 0.2) is 24.3 Å². The predicted molar refractivity (Wildman–Crippen MR) is 109 cm³/mol. The zero-order valence-electron chi connectivity index (χ0n) is 16.1. The number of nitrogens with zero attached hydrogens (tertiary/aromatic N) is 1. The molecule has 0 saturated carbocycles. The van der Waals surface area contributed by atoms with Crippen molar-refractivity contribution in [3.63, 3.8) is 0 Å². The van der Waals surface area contributed by atoms with E-state index in [1.807, 2.05) is 32.9 Å². The first-order valence-corrected chi connectivity index (χ1v) is 10.2. The van der Waals surface area contributed by atoms with E-state index in [4.69, 9.17) is 27.9 Å². The number of aliphatic hydroxyl groups excluding tert-OH is 1. The molecule has 148 valence electrons. The number of hydrogen-bond donors (Lipinski definition) is 1. The number of carbonyl (C=O) groups is 1. The zero-order chi connectivity index (χ0) is 19.8. The van der Waals surface area contributed by atoms with Crippen molar-refractivity contribution in [2.45, 2.75) is 58.2 Å². The molecule has 6 heteroatoms.